The third-order valence-electron chi connectivity index (χ3n) is 26.1. The van der Waals surface area contributed by atoms with Crippen LogP contribution in [0, 0.1) is 0 Å². The molecule has 0 radical (unpaired) electrons. The van der Waals surface area contributed by atoms with Crippen LogP contribution < -0.4 is 0 Å². The zero-order chi connectivity index (χ0) is 89.9. The molecule has 0 saturated carbocycles. The van der Waals surface area contributed by atoms with E-state index in [2.05, 4.69) is 422 Å². The van der Waals surface area contributed by atoms with Gasteiger partial charge >= 0.3 is 0 Å². The van der Waals surface area contributed by atoms with E-state index in [9.17, 15) is 0 Å². The molecule has 0 unspecified atom stereocenters. The minimum Gasteiger partial charge on any atom is -0.456 e. The molecule has 26 rings (SSSR count). The highest BCUT2D eigenvalue weighted by atomic mass is 16.3. The van der Waals surface area contributed by atoms with Gasteiger partial charge < -0.3 is 18.0 Å². The van der Waals surface area contributed by atoms with Crippen molar-refractivity contribution in [1.82, 2.24) is 39.0 Å². The van der Waals surface area contributed by atoms with Crippen LogP contribution >= 0.6 is 0 Å². The molecule has 20 aromatic carbocycles. The Balaban J connectivity index is 0.000000145. The summed E-state index contributed by atoms with van der Waals surface area (Å²) >= 11 is 0. The number of fused-ring (bicyclic) bond motifs is 14. The summed E-state index contributed by atoms with van der Waals surface area (Å²) in [5, 5.41) is 9.01. The fraction of sp³-hybridized carbons (Fsp3) is 0. The maximum Gasteiger partial charge on any atom is 0.164 e. The number of furan rings is 2. The summed E-state index contributed by atoms with van der Waals surface area (Å²) in [7, 11) is 0. The molecule has 0 aliphatic carbocycles. The fourth-order valence-corrected chi connectivity index (χ4v) is 19.7. The maximum absolute atomic E-state index is 7.09. The molecule has 136 heavy (non-hydrogen) atoms. The summed E-state index contributed by atoms with van der Waals surface area (Å²) in [4.78, 5) is 31.4. The second-order valence-electron chi connectivity index (χ2n) is 34.3. The van der Waals surface area contributed by atoms with Gasteiger partial charge in [-0.25, -0.2) is 29.9 Å². The summed E-state index contributed by atoms with van der Waals surface area (Å²) in [6, 6.07) is 170. The summed E-state index contributed by atoms with van der Waals surface area (Å²) in [6.07, 6.45) is 0. The molecule has 0 N–H and O–H groups in total. The lowest BCUT2D eigenvalue weighted by molar-refractivity contribution is 0.669. The topological polar surface area (TPSA) is 113 Å². The standard InChI is InChI=1S/2C63H40N4O/c1-6-19-41(20-7-1)46-37-47(42-21-8-2-9-22-42)39-48(38-46)45-33-34-50(55(40-45)63-65-61(43-23-10-3-11-24-43)64-62(66-63)44-25-12-4-13-26-44)53-30-18-31-54-58-57(68-60(53)54)36-35-52-51-29-16-17-32-56(51)67(59(52)58)49-27-14-5-15-28-49;1-6-18-41(19-7-1)47-36-48(42-20-8-2-9-21-42)38-49(37-47)45-30-32-51(55(39-45)63-65-61(43-22-10-3-11-23-43)64-62(66-63)44-24-12-4-13-25-44)46-31-33-54-58(40-46)68-57-35-34-53-52-28-16-17-29-56(52)67(60(53)59(54)57)50-26-14-5-15-27-50/h2*1-40H. The average Bonchev–Trinajstić information content (AvgIpc) is 1.56. The number of hydrogen-bond donors (Lipinski definition) is 0. The summed E-state index contributed by atoms with van der Waals surface area (Å²) in [5.41, 5.74) is 32.7. The normalized spacial score (nSPS) is 11.5. The zero-order valence-electron chi connectivity index (χ0n) is 73.6. The summed E-state index contributed by atoms with van der Waals surface area (Å²) in [6.45, 7) is 0. The van der Waals surface area contributed by atoms with E-state index in [0.29, 0.717) is 34.9 Å². The van der Waals surface area contributed by atoms with Crippen molar-refractivity contribution < 1.29 is 8.83 Å². The van der Waals surface area contributed by atoms with Crippen molar-refractivity contribution in [3.8, 4) is 169 Å². The molecular weight excluding hydrogens is 1660 g/mol. The summed E-state index contributed by atoms with van der Waals surface area (Å²) in [5.74, 6) is 3.55. The molecule has 0 atom stereocenters. The van der Waals surface area contributed by atoms with Crippen molar-refractivity contribution >= 4 is 87.5 Å². The van der Waals surface area contributed by atoms with Gasteiger partial charge in [0.2, 0.25) is 0 Å². The molecule has 0 bridgehead atoms. The van der Waals surface area contributed by atoms with E-state index in [-0.39, 0.29) is 0 Å². The third kappa shape index (κ3) is 14.6. The molecule has 0 fully saturated rings. The Labute approximate surface area is 784 Å². The third-order valence-corrected chi connectivity index (χ3v) is 26.1. The fourth-order valence-electron chi connectivity index (χ4n) is 19.7. The number of hydrogen-bond acceptors (Lipinski definition) is 8. The van der Waals surface area contributed by atoms with Crippen LogP contribution in [0.4, 0.5) is 0 Å². The van der Waals surface area contributed by atoms with Gasteiger partial charge in [0, 0.05) is 82.6 Å². The SMILES string of the molecule is c1ccc(-c2cc(-c3ccccc3)cc(-c3ccc(-c4ccc5c(c4)oc4ccc6c7ccccc7n(-c7ccccc7)c6c45)c(-c4nc(-c5ccccc5)nc(-c5ccccc5)n4)c3)c2)cc1.c1ccc(-c2cc(-c3ccccc3)cc(-c3ccc(-c4cccc5c4oc4ccc6c7ccccc7n(-c7ccccc7)c6c45)c(-c4nc(-c5ccccc5)nc(-c5ccccc5)n4)c3)c2)cc1. The highest BCUT2D eigenvalue weighted by Crippen LogP contribution is 2.49. The number of rotatable bonds is 16. The predicted molar refractivity (Wildman–Crippen MR) is 559 cm³/mol. The van der Waals surface area contributed by atoms with Gasteiger partial charge in [0.1, 0.15) is 22.3 Å². The van der Waals surface area contributed by atoms with Gasteiger partial charge in [-0.15, -0.1) is 0 Å². The van der Waals surface area contributed by atoms with Crippen LogP contribution in [0.3, 0.4) is 0 Å². The van der Waals surface area contributed by atoms with Gasteiger partial charge in [0.15, 0.2) is 34.9 Å². The van der Waals surface area contributed by atoms with Crippen LogP contribution in [0.2, 0.25) is 0 Å². The van der Waals surface area contributed by atoms with Gasteiger partial charge in [-0.1, -0.05) is 364 Å². The second-order valence-corrected chi connectivity index (χ2v) is 34.3. The van der Waals surface area contributed by atoms with E-state index < -0.39 is 0 Å². The van der Waals surface area contributed by atoms with Crippen LogP contribution in [0.1, 0.15) is 0 Å². The van der Waals surface area contributed by atoms with E-state index in [1.54, 1.807) is 0 Å². The Morgan fingerprint density at radius 1 is 0.154 bits per heavy atom. The smallest absolute Gasteiger partial charge is 0.164 e. The average molecular weight is 1740 g/mol. The highest BCUT2D eigenvalue weighted by molar-refractivity contribution is 6.27. The quantitative estimate of drug-likeness (QED) is 0.0940. The molecule has 10 heteroatoms. The molecule has 0 saturated heterocycles. The molecule has 6 heterocycles. The molecule has 0 amide bonds. The first-order chi connectivity index (χ1) is 67.4. The molecular formula is C126H80N8O2. The van der Waals surface area contributed by atoms with Crippen LogP contribution in [0.5, 0.6) is 0 Å². The number of aromatic nitrogens is 8. The Kier molecular flexibility index (Phi) is 20.0. The van der Waals surface area contributed by atoms with Crippen molar-refractivity contribution in [2.24, 2.45) is 0 Å². The maximum atomic E-state index is 7.09. The predicted octanol–water partition coefficient (Wildman–Crippen LogP) is 33.1. The lowest BCUT2D eigenvalue weighted by atomic mass is 9.90. The van der Waals surface area contributed by atoms with E-state index in [0.717, 1.165) is 200 Å². The Bertz CT molecular complexity index is 8810. The molecule has 636 valence electrons. The van der Waals surface area contributed by atoms with Gasteiger partial charge in [-0.3, -0.25) is 0 Å². The van der Waals surface area contributed by atoms with E-state index in [1.807, 2.05) is 72.8 Å². The molecule has 0 aliphatic heterocycles. The first-order valence-corrected chi connectivity index (χ1v) is 45.8. The van der Waals surface area contributed by atoms with Gasteiger partial charge in [-0.2, -0.15) is 0 Å². The minimum atomic E-state index is 0.566. The van der Waals surface area contributed by atoms with Crippen LogP contribution in [0.25, 0.3) is 256 Å². The molecule has 10 nitrogen and oxygen atoms in total. The lowest BCUT2D eigenvalue weighted by Crippen LogP contribution is -2.01. The monoisotopic (exact) mass is 1740 g/mol. The van der Waals surface area contributed by atoms with Crippen LogP contribution in [-0.2, 0) is 0 Å². The van der Waals surface area contributed by atoms with Gasteiger partial charge in [-0.05, 0) is 205 Å². The van der Waals surface area contributed by atoms with Crippen molar-refractivity contribution in [1.29, 1.82) is 0 Å². The highest BCUT2D eigenvalue weighted by Gasteiger charge is 2.28. The molecule has 0 spiro atoms. The first kappa shape index (κ1) is 79.8. The number of nitrogens with zero attached hydrogens (tertiary/aromatic N) is 8. The first-order valence-electron chi connectivity index (χ1n) is 45.8. The molecule has 0 aliphatic rings. The Morgan fingerprint density at radius 2 is 0.456 bits per heavy atom. The van der Waals surface area contributed by atoms with Crippen molar-refractivity contribution in [2.75, 3.05) is 0 Å². The van der Waals surface area contributed by atoms with Crippen LogP contribution in [-0.4, -0.2) is 39.0 Å². The van der Waals surface area contributed by atoms with Crippen molar-refractivity contribution in [2.45, 2.75) is 0 Å². The largest absolute Gasteiger partial charge is 0.456 e. The Morgan fingerprint density at radius 3 is 0.853 bits per heavy atom. The Hall–Kier alpha value is -18.4. The van der Waals surface area contributed by atoms with E-state index in [4.69, 9.17) is 38.7 Å². The number of benzene rings is 20. The summed E-state index contributed by atoms with van der Waals surface area (Å²) < 4.78 is 18.7. The zero-order valence-corrected chi connectivity index (χ0v) is 73.6. The van der Waals surface area contributed by atoms with Crippen molar-refractivity contribution in [3.05, 3.63) is 485 Å². The molecule has 26 aromatic rings. The lowest BCUT2D eigenvalue weighted by Gasteiger charge is -2.16. The van der Waals surface area contributed by atoms with Gasteiger partial charge in [0.25, 0.3) is 0 Å². The van der Waals surface area contributed by atoms with E-state index >= 15 is 0 Å². The number of para-hydroxylation sites is 5. The van der Waals surface area contributed by atoms with Crippen molar-refractivity contribution in [3.63, 3.8) is 0 Å². The second kappa shape index (κ2) is 34.2. The van der Waals surface area contributed by atoms with E-state index in [1.165, 1.54) is 21.5 Å². The minimum absolute atomic E-state index is 0.566. The van der Waals surface area contributed by atoms with Crippen LogP contribution in [0.15, 0.2) is 494 Å². The molecule has 6 aromatic heterocycles. The van der Waals surface area contributed by atoms with Gasteiger partial charge in [0.05, 0.1) is 32.8 Å².